The Hall–Kier alpha value is -1.91. The molecule has 22 heavy (non-hydrogen) atoms. The Bertz CT molecular complexity index is 642. The predicted octanol–water partition coefficient (Wildman–Crippen LogP) is 3.21. The molecule has 1 aliphatic heterocycles. The van der Waals surface area contributed by atoms with Crippen molar-refractivity contribution in [1.29, 1.82) is 0 Å². The van der Waals surface area contributed by atoms with Crippen molar-refractivity contribution in [3.63, 3.8) is 0 Å². The number of imidazole rings is 1. The van der Waals surface area contributed by atoms with Crippen molar-refractivity contribution in [2.75, 3.05) is 18.0 Å². The van der Waals surface area contributed by atoms with Crippen LogP contribution in [0.2, 0.25) is 0 Å². The number of hydrogen-bond donors (Lipinski definition) is 0. The van der Waals surface area contributed by atoms with Crippen molar-refractivity contribution in [2.24, 2.45) is 5.92 Å². The molecule has 0 spiro atoms. The number of piperidine rings is 1. The van der Waals surface area contributed by atoms with Crippen LogP contribution in [0.1, 0.15) is 37.4 Å². The Morgan fingerprint density at radius 2 is 1.95 bits per heavy atom. The topological polar surface area (TPSA) is 34.0 Å². The molecule has 116 valence electrons. The lowest BCUT2D eigenvalue weighted by molar-refractivity contribution is 0.454. The minimum absolute atomic E-state index is 0.226. The monoisotopic (exact) mass is 300 g/mol. The molecule has 0 aromatic carbocycles. The molecule has 0 bridgehead atoms. The summed E-state index contributed by atoms with van der Waals surface area (Å²) in [6, 6.07) is 1.77. The summed E-state index contributed by atoms with van der Waals surface area (Å²) < 4.78 is 16.2. The Morgan fingerprint density at radius 1 is 1.14 bits per heavy atom. The van der Waals surface area contributed by atoms with Crippen molar-refractivity contribution in [1.82, 2.24) is 14.5 Å². The van der Waals surface area contributed by atoms with Crippen LogP contribution in [0.5, 0.6) is 0 Å². The van der Waals surface area contributed by atoms with Crippen molar-refractivity contribution in [2.45, 2.75) is 38.1 Å². The average Bonchev–Trinajstić information content (AvgIpc) is 3.24. The minimum atomic E-state index is -0.226. The van der Waals surface area contributed by atoms with E-state index < -0.39 is 0 Å². The summed E-state index contributed by atoms with van der Waals surface area (Å²) in [6.45, 7) is 2.87. The molecular formula is C17H21FN4. The number of rotatable bonds is 4. The molecule has 2 fully saturated rings. The largest absolute Gasteiger partial charge is 0.369 e. The van der Waals surface area contributed by atoms with Crippen LogP contribution >= 0.6 is 0 Å². The Balaban J connectivity index is 1.43. The van der Waals surface area contributed by atoms with Gasteiger partial charge in [0.15, 0.2) is 5.82 Å². The first-order valence-corrected chi connectivity index (χ1v) is 8.17. The summed E-state index contributed by atoms with van der Waals surface area (Å²) in [5.74, 6) is 2.35. The van der Waals surface area contributed by atoms with Crippen LogP contribution in [-0.2, 0) is 6.54 Å². The van der Waals surface area contributed by atoms with Gasteiger partial charge in [-0.2, -0.15) is 0 Å². The van der Waals surface area contributed by atoms with Gasteiger partial charge in [-0.1, -0.05) is 0 Å². The number of anilines is 1. The lowest BCUT2D eigenvalue weighted by Gasteiger charge is -2.33. The van der Waals surface area contributed by atoms with Crippen molar-refractivity contribution >= 4 is 5.69 Å². The molecule has 0 unspecified atom stereocenters. The second kappa shape index (κ2) is 5.71. The van der Waals surface area contributed by atoms with Crippen molar-refractivity contribution in [3.05, 3.63) is 42.5 Å². The van der Waals surface area contributed by atoms with Gasteiger partial charge in [-0.15, -0.1) is 0 Å². The SMILES string of the molecule is Fc1cnccc1N1CCC(c2nccn2CC2CC2)CC1. The number of nitrogens with zero attached hydrogens (tertiary/aromatic N) is 4. The van der Waals surface area contributed by atoms with Gasteiger partial charge in [-0.3, -0.25) is 4.98 Å². The van der Waals surface area contributed by atoms with Crippen LogP contribution in [0.3, 0.4) is 0 Å². The molecule has 0 atom stereocenters. The maximum Gasteiger partial charge on any atom is 0.164 e. The molecule has 1 saturated heterocycles. The Labute approximate surface area is 130 Å². The van der Waals surface area contributed by atoms with Gasteiger partial charge in [0.05, 0.1) is 11.9 Å². The zero-order valence-corrected chi connectivity index (χ0v) is 12.7. The number of pyridine rings is 1. The molecule has 5 heteroatoms. The van der Waals surface area contributed by atoms with E-state index in [0.717, 1.165) is 38.4 Å². The molecule has 4 rings (SSSR count). The smallest absolute Gasteiger partial charge is 0.164 e. The van der Waals surface area contributed by atoms with Crippen LogP contribution < -0.4 is 4.90 Å². The van der Waals surface area contributed by atoms with Crippen LogP contribution in [0, 0.1) is 11.7 Å². The highest BCUT2D eigenvalue weighted by Gasteiger charge is 2.27. The number of halogens is 1. The fraction of sp³-hybridized carbons (Fsp3) is 0.529. The van der Waals surface area contributed by atoms with E-state index in [4.69, 9.17) is 0 Å². The van der Waals surface area contributed by atoms with Crippen LogP contribution in [0.25, 0.3) is 0 Å². The molecule has 2 aromatic rings. The zero-order chi connectivity index (χ0) is 14.9. The molecule has 1 saturated carbocycles. The summed E-state index contributed by atoms with van der Waals surface area (Å²) in [5.41, 5.74) is 0.676. The summed E-state index contributed by atoms with van der Waals surface area (Å²) in [7, 11) is 0. The predicted molar refractivity (Wildman–Crippen MR) is 83.3 cm³/mol. The van der Waals surface area contributed by atoms with E-state index in [9.17, 15) is 4.39 Å². The zero-order valence-electron chi connectivity index (χ0n) is 12.7. The Morgan fingerprint density at radius 3 is 2.68 bits per heavy atom. The standard InChI is InChI=1S/C17H21FN4/c18-15-11-19-6-3-16(15)21-8-4-14(5-9-21)17-20-7-10-22(17)12-13-1-2-13/h3,6-7,10-11,13-14H,1-2,4-5,8-9,12H2. The Kier molecular flexibility index (Phi) is 3.56. The molecule has 0 amide bonds. The van der Waals surface area contributed by atoms with Gasteiger partial charge < -0.3 is 9.47 Å². The normalized spacial score (nSPS) is 19.6. The van der Waals surface area contributed by atoms with E-state index in [1.54, 1.807) is 12.3 Å². The van der Waals surface area contributed by atoms with E-state index in [1.165, 1.54) is 24.9 Å². The molecular weight excluding hydrogens is 279 g/mol. The first kappa shape index (κ1) is 13.7. The summed E-state index contributed by atoms with van der Waals surface area (Å²) >= 11 is 0. The van der Waals surface area contributed by atoms with Crippen LogP contribution in [-0.4, -0.2) is 27.6 Å². The van der Waals surface area contributed by atoms with Gasteiger partial charge in [0, 0.05) is 44.1 Å². The van der Waals surface area contributed by atoms with Crippen LogP contribution in [0.15, 0.2) is 30.9 Å². The second-order valence-corrected chi connectivity index (χ2v) is 6.47. The highest BCUT2D eigenvalue weighted by atomic mass is 19.1. The first-order chi connectivity index (χ1) is 10.8. The van der Waals surface area contributed by atoms with Gasteiger partial charge in [0.25, 0.3) is 0 Å². The molecule has 3 heterocycles. The molecule has 2 aliphatic rings. The summed E-state index contributed by atoms with van der Waals surface area (Å²) in [6.07, 6.45) is 11.8. The maximum absolute atomic E-state index is 13.8. The number of hydrogen-bond acceptors (Lipinski definition) is 3. The van der Waals surface area contributed by atoms with E-state index >= 15 is 0 Å². The van der Waals surface area contributed by atoms with E-state index in [-0.39, 0.29) is 5.82 Å². The minimum Gasteiger partial charge on any atom is -0.369 e. The lowest BCUT2D eigenvalue weighted by Crippen LogP contribution is -2.34. The van der Waals surface area contributed by atoms with Gasteiger partial charge in [0.1, 0.15) is 5.82 Å². The maximum atomic E-state index is 13.8. The summed E-state index contributed by atoms with van der Waals surface area (Å²) in [5, 5.41) is 0. The van der Waals surface area contributed by atoms with Gasteiger partial charge in [-0.05, 0) is 37.7 Å². The second-order valence-electron chi connectivity index (χ2n) is 6.47. The highest BCUT2D eigenvalue weighted by molar-refractivity contribution is 5.46. The first-order valence-electron chi connectivity index (χ1n) is 8.17. The van der Waals surface area contributed by atoms with Crippen molar-refractivity contribution < 1.29 is 4.39 Å². The molecule has 0 N–H and O–H groups in total. The average molecular weight is 300 g/mol. The molecule has 0 radical (unpaired) electrons. The van der Waals surface area contributed by atoms with Gasteiger partial charge in [-0.25, -0.2) is 9.37 Å². The molecule has 2 aromatic heterocycles. The van der Waals surface area contributed by atoms with Crippen molar-refractivity contribution in [3.8, 4) is 0 Å². The summed E-state index contributed by atoms with van der Waals surface area (Å²) in [4.78, 5) is 10.5. The third-order valence-corrected chi connectivity index (χ3v) is 4.85. The van der Waals surface area contributed by atoms with Gasteiger partial charge in [0.2, 0.25) is 0 Å². The van der Waals surface area contributed by atoms with Crippen LogP contribution in [0.4, 0.5) is 10.1 Å². The van der Waals surface area contributed by atoms with E-state index in [1.807, 2.05) is 6.20 Å². The molecule has 1 aliphatic carbocycles. The fourth-order valence-electron chi connectivity index (χ4n) is 3.42. The van der Waals surface area contributed by atoms with E-state index in [2.05, 4.69) is 25.6 Å². The lowest BCUT2D eigenvalue weighted by atomic mass is 9.95. The number of aromatic nitrogens is 3. The quantitative estimate of drug-likeness (QED) is 0.869. The van der Waals surface area contributed by atoms with E-state index in [0.29, 0.717) is 11.6 Å². The van der Waals surface area contributed by atoms with Gasteiger partial charge >= 0.3 is 0 Å². The fourth-order valence-corrected chi connectivity index (χ4v) is 3.42. The third-order valence-electron chi connectivity index (χ3n) is 4.85. The third kappa shape index (κ3) is 2.72. The molecule has 4 nitrogen and oxygen atoms in total. The highest BCUT2D eigenvalue weighted by Crippen LogP contribution is 2.34.